The van der Waals surface area contributed by atoms with E-state index in [1.54, 1.807) is 11.8 Å². The van der Waals surface area contributed by atoms with Crippen LogP contribution >= 0.6 is 0 Å². The molecule has 1 aliphatic rings. The fourth-order valence-corrected chi connectivity index (χ4v) is 3.11. The van der Waals surface area contributed by atoms with Gasteiger partial charge in [-0.15, -0.1) is 10.2 Å². The van der Waals surface area contributed by atoms with Gasteiger partial charge in [-0.1, -0.05) is 23.3 Å². The van der Waals surface area contributed by atoms with Gasteiger partial charge in [0.2, 0.25) is 0 Å². The Morgan fingerprint density at radius 1 is 1.17 bits per heavy atom. The molecule has 0 amide bonds. The number of anilines is 1. The zero-order valence-corrected chi connectivity index (χ0v) is 13.6. The lowest BCUT2D eigenvalue weighted by atomic mass is 10.2. The van der Waals surface area contributed by atoms with Crippen molar-refractivity contribution >= 4 is 5.95 Å². The first-order valence-electron chi connectivity index (χ1n) is 7.78. The second kappa shape index (κ2) is 6.00. The smallest absolute Gasteiger partial charge is 0.250 e. The van der Waals surface area contributed by atoms with E-state index >= 15 is 0 Å². The van der Waals surface area contributed by atoms with Gasteiger partial charge in [0.05, 0.1) is 18.3 Å². The van der Waals surface area contributed by atoms with Crippen molar-refractivity contribution in [3.8, 4) is 5.69 Å². The van der Waals surface area contributed by atoms with Crippen molar-refractivity contribution in [2.75, 3.05) is 18.6 Å². The molecule has 0 bridgehead atoms. The van der Waals surface area contributed by atoms with E-state index in [1.165, 1.54) is 0 Å². The van der Waals surface area contributed by atoms with Crippen LogP contribution in [0.2, 0.25) is 0 Å². The van der Waals surface area contributed by atoms with Gasteiger partial charge >= 0.3 is 0 Å². The van der Waals surface area contributed by atoms with Crippen LogP contribution in [0, 0.1) is 0 Å². The van der Waals surface area contributed by atoms with Crippen LogP contribution in [0.5, 0.6) is 0 Å². The van der Waals surface area contributed by atoms with Crippen molar-refractivity contribution in [2.24, 2.45) is 0 Å². The molecular weight excluding hydrogens is 308 g/mol. The Kier molecular flexibility index (Phi) is 3.69. The predicted molar refractivity (Wildman–Crippen MR) is 85.7 cm³/mol. The van der Waals surface area contributed by atoms with Gasteiger partial charge < -0.3 is 14.2 Å². The molecule has 0 aliphatic carbocycles. The summed E-state index contributed by atoms with van der Waals surface area (Å²) in [5.74, 6) is 2.45. The lowest BCUT2D eigenvalue weighted by Crippen LogP contribution is -2.38. The maximum Gasteiger partial charge on any atom is 0.250 e. The van der Waals surface area contributed by atoms with Crippen molar-refractivity contribution in [1.29, 1.82) is 0 Å². The largest absolute Gasteiger partial charge is 0.377 e. The fraction of sp³-hybridized carbons (Fsp3) is 0.400. The minimum atomic E-state index is 0.204. The van der Waals surface area contributed by atoms with E-state index in [-0.39, 0.29) is 6.04 Å². The Balaban J connectivity index is 1.67. The third-order valence-corrected chi connectivity index (χ3v) is 4.10. The van der Waals surface area contributed by atoms with Gasteiger partial charge in [-0.25, -0.2) is 0 Å². The molecule has 0 spiro atoms. The van der Waals surface area contributed by atoms with Crippen molar-refractivity contribution in [3.63, 3.8) is 0 Å². The molecule has 0 saturated heterocycles. The zero-order chi connectivity index (χ0) is 16.5. The summed E-state index contributed by atoms with van der Waals surface area (Å²) in [7, 11) is 1.66. The molecule has 3 heterocycles. The molecule has 0 radical (unpaired) electrons. The molecular formula is C15H18N8O. The van der Waals surface area contributed by atoms with Gasteiger partial charge in [0.25, 0.3) is 5.95 Å². The average Bonchev–Trinajstić information content (AvgIpc) is 3.23. The molecule has 1 aliphatic heterocycles. The second-order valence-corrected chi connectivity index (χ2v) is 5.79. The van der Waals surface area contributed by atoms with Crippen molar-refractivity contribution in [3.05, 3.63) is 42.0 Å². The number of para-hydroxylation sites is 1. The summed E-state index contributed by atoms with van der Waals surface area (Å²) < 4.78 is 9.08. The topological polar surface area (TPSA) is 86.8 Å². The number of rotatable bonds is 4. The highest BCUT2D eigenvalue weighted by molar-refractivity contribution is 5.41. The maximum atomic E-state index is 5.20. The quantitative estimate of drug-likeness (QED) is 0.706. The number of fused-ring (bicyclic) bond motifs is 1. The van der Waals surface area contributed by atoms with Gasteiger partial charge in [0.1, 0.15) is 6.61 Å². The summed E-state index contributed by atoms with van der Waals surface area (Å²) in [6.07, 6.45) is 0. The lowest BCUT2D eigenvalue weighted by molar-refractivity contribution is 0.171. The maximum absolute atomic E-state index is 5.20. The van der Waals surface area contributed by atoms with Crippen LogP contribution in [0.15, 0.2) is 30.3 Å². The van der Waals surface area contributed by atoms with Gasteiger partial charge in [0, 0.05) is 13.7 Å². The molecule has 1 aromatic carbocycles. The van der Waals surface area contributed by atoms with Gasteiger partial charge in [0.15, 0.2) is 11.6 Å². The number of aromatic nitrogens is 7. The number of hydrogen-bond acceptors (Lipinski definition) is 7. The van der Waals surface area contributed by atoms with Gasteiger partial charge in [-0.3, -0.25) is 0 Å². The highest BCUT2D eigenvalue weighted by Crippen LogP contribution is 2.26. The van der Waals surface area contributed by atoms with E-state index in [4.69, 9.17) is 4.74 Å². The van der Waals surface area contributed by atoms with E-state index < -0.39 is 0 Å². The first-order chi connectivity index (χ1) is 11.8. The van der Waals surface area contributed by atoms with Gasteiger partial charge in [-0.2, -0.15) is 4.68 Å². The van der Waals surface area contributed by atoms with Crippen molar-refractivity contribution in [1.82, 2.24) is 35.0 Å². The monoisotopic (exact) mass is 326 g/mol. The Morgan fingerprint density at radius 2 is 2.00 bits per heavy atom. The second-order valence-electron chi connectivity index (χ2n) is 5.79. The summed E-state index contributed by atoms with van der Waals surface area (Å²) >= 11 is 0. The van der Waals surface area contributed by atoms with Crippen LogP contribution in [0.25, 0.3) is 5.69 Å². The summed E-state index contributed by atoms with van der Waals surface area (Å²) in [6.45, 7) is 3.97. The average molecular weight is 326 g/mol. The summed E-state index contributed by atoms with van der Waals surface area (Å²) in [5, 5.41) is 20.7. The molecule has 0 unspecified atom stereocenters. The normalized spacial score (nSPS) is 17.1. The number of hydrogen-bond donors (Lipinski definition) is 0. The number of methoxy groups -OCH3 is 1. The molecule has 1 atom stereocenters. The molecule has 3 aromatic rings. The van der Waals surface area contributed by atoms with Crippen LogP contribution in [-0.4, -0.2) is 48.6 Å². The predicted octanol–water partition coefficient (Wildman–Crippen LogP) is 0.981. The first kappa shape index (κ1) is 14.8. The third kappa shape index (κ3) is 2.42. The molecule has 0 saturated carbocycles. The highest BCUT2D eigenvalue weighted by atomic mass is 16.5. The Labute approximate surface area is 138 Å². The molecule has 0 fully saturated rings. The summed E-state index contributed by atoms with van der Waals surface area (Å²) in [4.78, 5) is 2.12. The van der Waals surface area contributed by atoms with Crippen LogP contribution < -0.4 is 4.90 Å². The molecule has 4 rings (SSSR count). The van der Waals surface area contributed by atoms with Crippen LogP contribution in [0.1, 0.15) is 24.6 Å². The molecule has 9 nitrogen and oxygen atoms in total. The molecule has 124 valence electrons. The van der Waals surface area contributed by atoms with Crippen LogP contribution in [-0.2, 0) is 17.9 Å². The first-order valence-corrected chi connectivity index (χ1v) is 7.78. The Bertz CT molecular complexity index is 827. The number of tetrazole rings is 1. The van der Waals surface area contributed by atoms with Crippen LogP contribution in [0.3, 0.4) is 0 Å². The molecule has 24 heavy (non-hydrogen) atoms. The number of ether oxygens (including phenoxy) is 1. The van der Waals surface area contributed by atoms with E-state index in [1.807, 2.05) is 30.3 Å². The number of nitrogens with zero attached hydrogens (tertiary/aromatic N) is 8. The van der Waals surface area contributed by atoms with E-state index in [0.717, 1.165) is 23.9 Å². The number of benzene rings is 1. The van der Waals surface area contributed by atoms with E-state index in [2.05, 4.69) is 42.1 Å². The van der Waals surface area contributed by atoms with Gasteiger partial charge in [-0.05, 0) is 29.5 Å². The molecule has 2 aromatic heterocycles. The summed E-state index contributed by atoms with van der Waals surface area (Å²) in [6, 6.07) is 10.1. The minimum Gasteiger partial charge on any atom is -0.377 e. The SMILES string of the molecule is COCc1nnc2n1[C@@H](C)CN(c1nnnn1-c1ccccc1)C2. The zero-order valence-electron chi connectivity index (χ0n) is 13.6. The van der Waals surface area contributed by atoms with Crippen molar-refractivity contribution in [2.45, 2.75) is 26.1 Å². The Hall–Kier alpha value is -2.81. The summed E-state index contributed by atoms with van der Waals surface area (Å²) in [5.41, 5.74) is 0.928. The van der Waals surface area contributed by atoms with E-state index in [0.29, 0.717) is 19.1 Å². The fourth-order valence-electron chi connectivity index (χ4n) is 3.11. The van der Waals surface area contributed by atoms with Crippen LogP contribution in [0.4, 0.5) is 5.95 Å². The highest BCUT2D eigenvalue weighted by Gasteiger charge is 2.29. The molecule has 9 heteroatoms. The third-order valence-electron chi connectivity index (χ3n) is 4.10. The van der Waals surface area contributed by atoms with Crippen molar-refractivity contribution < 1.29 is 4.74 Å². The standard InChI is InChI=1S/C15H18N8O/c1-11-8-21(9-13-16-17-14(10-24-2)22(11)13)15-18-19-20-23(15)12-6-4-3-5-7-12/h3-7,11H,8-10H2,1-2H3/t11-/m0/s1. The lowest BCUT2D eigenvalue weighted by Gasteiger charge is -2.32. The van der Waals surface area contributed by atoms with E-state index in [9.17, 15) is 0 Å². The minimum absolute atomic E-state index is 0.204. The Morgan fingerprint density at radius 3 is 2.79 bits per heavy atom. The molecule has 0 N–H and O–H groups in total.